The molecule has 4 rings (SSSR count). The van der Waals surface area contributed by atoms with Gasteiger partial charge in [0.15, 0.2) is 0 Å². The van der Waals surface area contributed by atoms with Crippen LogP contribution in [-0.2, 0) is 12.8 Å². The molecule has 0 N–H and O–H groups in total. The fraction of sp³-hybridized carbons (Fsp3) is 0.571. The molecule has 0 radical (unpaired) electrons. The molecular formula is C21H28N4O2. The Balaban J connectivity index is 1.37. The number of nitrogens with zero attached hydrogens (tertiary/aromatic N) is 4. The van der Waals surface area contributed by atoms with Crippen LogP contribution >= 0.6 is 0 Å². The summed E-state index contributed by atoms with van der Waals surface area (Å²) < 4.78 is 7.73. The Kier molecular flexibility index (Phi) is 4.89. The average molecular weight is 368 g/mol. The van der Waals surface area contributed by atoms with Crippen LogP contribution in [0.2, 0.25) is 0 Å². The highest BCUT2D eigenvalue weighted by Crippen LogP contribution is 2.30. The SMILES string of the molecule is CC(C)Cc1cn(C2CCN(C(=O)c3ccc4c(c3)CC(C)O4)CC2)nn1. The summed E-state index contributed by atoms with van der Waals surface area (Å²) in [6.45, 7) is 7.95. The number of piperidine rings is 1. The van der Waals surface area contributed by atoms with E-state index in [1.807, 2.05) is 27.8 Å². The third-order valence-electron chi connectivity index (χ3n) is 5.44. The Morgan fingerprint density at radius 2 is 2.07 bits per heavy atom. The van der Waals surface area contributed by atoms with Crippen LogP contribution in [0.15, 0.2) is 24.4 Å². The van der Waals surface area contributed by atoms with Crippen molar-refractivity contribution in [3.05, 3.63) is 41.2 Å². The molecule has 6 nitrogen and oxygen atoms in total. The smallest absolute Gasteiger partial charge is 0.253 e. The lowest BCUT2D eigenvalue weighted by Gasteiger charge is -2.32. The first-order valence-electron chi connectivity index (χ1n) is 9.99. The molecule has 2 aliphatic heterocycles. The predicted octanol–water partition coefficient (Wildman–Crippen LogP) is 3.28. The molecule has 1 aromatic carbocycles. The maximum absolute atomic E-state index is 12.9. The van der Waals surface area contributed by atoms with Crippen molar-refractivity contribution in [2.75, 3.05) is 13.1 Å². The van der Waals surface area contributed by atoms with Gasteiger partial charge < -0.3 is 9.64 Å². The number of carbonyl (C=O) groups is 1. The van der Waals surface area contributed by atoms with E-state index in [1.54, 1.807) is 0 Å². The normalized spacial score (nSPS) is 20.0. The second-order valence-corrected chi connectivity index (χ2v) is 8.27. The van der Waals surface area contributed by atoms with Crippen molar-refractivity contribution in [1.82, 2.24) is 19.9 Å². The van der Waals surface area contributed by atoms with Crippen LogP contribution in [0.25, 0.3) is 0 Å². The van der Waals surface area contributed by atoms with E-state index in [4.69, 9.17) is 4.74 Å². The summed E-state index contributed by atoms with van der Waals surface area (Å²) in [6, 6.07) is 6.16. The van der Waals surface area contributed by atoms with E-state index in [2.05, 4.69) is 37.3 Å². The van der Waals surface area contributed by atoms with Gasteiger partial charge in [0.25, 0.3) is 5.91 Å². The maximum atomic E-state index is 12.9. The maximum Gasteiger partial charge on any atom is 0.253 e. The molecule has 0 spiro atoms. The lowest BCUT2D eigenvalue weighted by Crippen LogP contribution is -2.39. The van der Waals surface area contributed by atoms with Crippen molar-refractivity contribution < 1.29 is 9.53 Å². The summed E-state index contributed by atoms with van der Waals surface area (Å²) in [5.41, 5.74) is 2.96. The van der Waals surface area contributed by atoms with E-state index in [0.29, 0.717) is 12.0 Å². The van der Waals surface area contributed by atoms with Crippen LogP contribution in [0.1, 0.15) is 61.3 Å². The lowest BCUT2D eigenvalue weighted by atomic mass is 10.0. The van der Waals surface area contributed by atoms with E-state index in [-0.39, 0.29) is 12.0 Å². The van der Waals surface area contributed by atoms with Crippen molar-refractivity contribution >= 4 is 5.91 Å². The summed E-state index contributed by atoms with van der Waals surface area (Å²) in [4.78, 5) is 14.9. The molecule has 3 heterocycles. The standard InChI is InChI=1S/C21H28N4O2/c1-14(2)10-18-13-25(23-22-18)19-6-8-24(9-7-19)21(26)16-4-5-20-17(12-16)11-15(3)27-20/h4-5,12-15,19H,6-11H2,1-3H3. The van der Waals surface area contributed by atoms with Crippen LogP contribution in [0.5, 0.6) is 5.75 Å². The molecule has 1 fully saturated rings. The van der Waals surface area contributed by atoms with Gasteiger partial charge in [-0.05, 0) is 55.9 Å². The van der Waals surface area contributed by atoms with Gasteiger partial charge in [-0.2, -0.15) is 0 Å². The Labute approximate surface area is 160 Å². The fourth-order valence-electron chi connectivity index (χ4n) is 4.07. The van der Waals surface area contributed by atoms with E-state index >= 15 is 0 Å². The second-order valence-electron chi connectivity index (χ2n) is 8.27. The first kappa shape index (κ1) is 18.0. The Morgan fingerprint density at radius 1 is 1.30 bits per heavy atom. The Morgan fingerprint density at radius 3 is 2.81 bits per heavy atom. The highest BCUT2D eigenvalue weighted by molar-refractivity contribution is 5.94. The van der Waals surface area contributed by atoms with Gasteiger partial charge in [-0.25, -0.2) is 4.68 Å². The molecule has 27 heavy (non-hydrogen) atoms. The molecule has 1 amide bonds. The van der Waals surface area contributed by atoms with Crippen LogP contribution in [0.4, 0.5) is 0 Å². The van der Waals surface area contributed by atoms with Gasteiger partial charge in [0.05, 0.1) is 11.7 Å². The van der Waals surface area contributed by atoms with Crippen molar-refractivity contribution in [3.63, 3.8) is 0 Å². The van der Waals surface area contributed by atoms with Gasteiger partial charge >= 0.3 is 0 Å². The van der Waals surface area contributed by atoms with E-state index in [0.717, 1.165) is 61.3 Å². The zero-order valence-corrected chi connectivity index (χ0v) is 16.4. The molecule has 144 valence electrons. The summed E-state index contributed by atoms with van der Waals surface area (Å²) in [5.74, 6) is 1.62. The minimum absolute atomic E-state index is 0.120. The molecule has 1 atom stereocenters. The highest BCUT2D eigenvalue weighted by atomic mass is 16.5. The Hall–Kier alpha value is -2.37. The van der Waals surface area contributed by atoms with E-state index < -0.39 is 0 Å². The van der Waals surface area contributed by atoms with E-state index in [1.165, 1.54) is 0 Å². The van der Waals surface area contributed by atoms with Crippen LogP contribution in [-0.4, -0.2) is 45.0 Å². The number of ether oxygens (including phenoxy) is 1. The zero-order chi connectivity index (χ0) is 19.0. The van der Waals surface area contributed by atoms with Gasteiger partial charge in [-0.1, -0.05) is 19.1 Å². The first-order valence-corrected chi connectivity index (χ1v) is 9.99. The molecular weight excluding hydrogens is 340 g/mol. The minimum Gasteiger partial charge on any atom is -0.490 e. The topological polar surface area (TPSA) is 60.2 Å². The number of benzene rings is 1. The van der Waals surface area contributed by atoms with Gasteiger partial charge in [0, 0.05) is 31.3 Å². The quantitative estimate of drug-likeness (QED) is 0.831. The second kappa shape index (κ2) is 7.33. The number of carbonyl (C=O) groups excluding carboxylic acids is 1. The average Bonchev–Trinajstić information content (AvgIpc) is 3.25. The summed E-state index contributed by atoms with van der Waals surface area (Å²) in [5, 5.41) is 8.61. The minimum atomic E-state index is 0.120. The van der Waals surface area contributed by atoms with Crippen molar-refractivity contribution in [2.24, 2.45) is 5.92 Å². The molecule has 1 saturated heterocycles. The van der Waals surface area contributed by atoms with Crippen molar-refractivity contribution in [3.8, 4) is 5.75 Å². The lowest BCUT2D eigenvalue weighted by molar-refractivity contribution is 0.0689. The summed E-state index contributed by atoms with van der Waals surface area (Å²) in [7, 11) is 0. The van der Waals surface area contributed by atoms with Gasteiger partial charge in [-0.3, -0.25) is 4.79 Å². The number of hydrogen-bond donors (Lipinski definition) is 0. The molecule has 6 heteroatoms. The third kappa shape index (κ3) is 3.84. The summed E-state index contributed by atoms with van der Waals surface area (Å²) >= 11 is 0. The van der Waals surface area contributed by atoms with Gasteiger partial charge in [-0.15, -0.1) is 5.10 Å². The molecule has 1 unspecified atom stereocenters. The first-order chi connectivity index (χ1) is 13.0. The number of likely N-dealkylation sites (tertiary alicyclic amines) is 1. The van der Waals surface area contributed by atoms with Crippen LogP contribution < -0.4 is 4.74 Å². The number of rotatable bonds is 4. The largest absolute Gasteiger partial charge is 0.490 e. The molecule has 1 aromatic heterocycles. The van der Waals surface area contributed by atoms with Crippen molar-refractivity contribution in [1.29, 1.82) is 0 Å². The van der Waals surface area contributed by atoms with E-state index in [9.17, 15) is 4.79 Å². The monoisotopic (exact) mass is 368 g/mol. The van der Waals surface area contributed by atoms with Gasteiger partial charge in [0.2, 0.25) is 0 Å². The Bertz CT molecular complexity index is 821. The molecule has 0 saturated carbocycles. The fourth-order valence-corrected chi connectivity index (χ4v) is 4.07. The zero-order valence-electron chi connectivity index (χ0n) is 16.4. The molecule has 0 aliphatic carbocycles. The molecule has 0 bridgehead atoms. The van der Waals surface area contributed by atoms with Crippen molar-refractivity contribution in [2.45, 2.75) is 58.6 Å². The number of fused-ring (bicyclic) bond motifs is 1. The predicted molar refractivity (Wildman–Crippen MR) is 103 cm³/mol. The van der Waals surface area contributed by atoms with Crippen LogP contribution in [0.3, 0.4) is 0 Å². The third-order valence-corrected chi connectivity index (χ3v) is 5.44. The molecule has 2 aliphatic rings. The summed E-state index contributed by atoms with van der Waals surface area (Å²) in [6.07, 6.45) is 5.94. The molecule has 2 aromatic rings. The van der Waals surface area contributed by atoms with Crippen LogP contribution in [0, 0.1) is 5.92 Å². The number of aromatic nitrogens is 3. The highest BCUT2D eigenvalue weighted by Gasteiger charge is 2.27. The van der Waals surface area contributed by atoms with Gasteiger partial charge in [0.1, 0.15) is 11.9 Å². The number of amides is 1. The number of hydrogen-bond acceptors (Lipinski definition) is 4.